The van der Waals surface area contributed by atoms with Crippen LogP contribution in [0.15, 0.2) is 200 Å². The molecule has 0 saturated heterocycles. The van der Waals surface area contributed by atoms with Crippen LogP contribution in [-0.2, 0) is 6.42 Å². The molecule has 0 bridgehead atoms. The standard InChI is InChI=1S/C56H38N4/c1-5-17-37(18-6-1)53-55(39-21-9-3-10-22-39)59-35-41(29-31-50(59)57-53)48-33-43-34-49(45-26-14-16-28-47(45)52(43)46-27-15-13-25-44(46)48)42-30-32-51-58-54(38-19-7-2-8-20-38)56(60(51)36-42)40-23-11-4-12-24-40/h1-29,31,33-36H,30,32H2. The fourth-order valence-electron chi connectivity index (χ4n) is 9.49. The van der Waals surface area contributed by atoms with Gasteiger partial charge in [-0.1, -0.05) is 170 Å². The van der Waals surface area contributed by atoms with Crippen LogP contribution >= 0.6 is 0 Å². The zero-order valence-corrected chi connectivity index (χ0v) is 32.8. The molecule has 0 atom stereocenters. The van der Waals surface area contributed by atoms with Gasteiger partial charge in [0.2, 0.25) is 0 Å². The van der Waals surface area contributed by atoms with Crippen LogP contribution in [-0.4, -0.2) is 18.9 Å². The number of benzene rings is 8. The molecule has 1 aliphatic heterocycles. The lowest BCUT2D eigenvalue weighted by Gasteiger charge is -2.21. The molecule has 0 saturated carbocycles. The lowest BCUT2D eigenvalue weighted by molar-refractivity contribution is 0.853. The number of fused-ring (bicyclic) bond motifs is 7. The van der Waals surface area contributed by atoms with E-state index in [9.17, 15) is 0 Å². The summed E-state index contributed by atoms with van der Waals surface area (Å²) in [5, 5.41) is 7.52. The van der Waals surface area contributed by atoms with Crippen molar-refractivity contribution in [1.82, 2.24) is 18.9 Å². The molecule has 1 aliphatic rings. The van der Waals surface area contributed by atoms with E-state index in [1.165, 1.54) is 49.0 Å². The van der Waals surface area contributed by atoms with Crippen molar-refractivity contribution in [2.24, 2.45) is 0 Å². The first-order chi connectivity index (χ1) is 29.8. The summed E-state index contributed by atoms with van der Waals surface area (Å²) >= 11 is 0. The maximum absolute atomic E-state index is 5.29. The van der Waals surface area contributed by atoms with Gasteiger partial charge in [-0.3, -0.25) is 4.40 Å². The van der Waals surface area contributed by atoms with Gasteiger partial charge in [0.1, 0.15) is 11.5 Å². The molecule has 0 fully saturated rings. The predicted octanol–water partition coefficient (Wildman–Crippen LogP) is 14.3. The van der Waals surface area contributed by atoms with E-state index >= 15 is 0 Å². The Balaban J connectivity index is 1.08. The normalized spacial score (nSPS) is 12.6. The summed E-state index contributed by atoms with van der Waals surface area (Å²) in [6, 6.07) is 69.6. The number of nitrogens with zero attached hydrogens (tertiary/aromatic N) is 4. The largest absolute Gasteiger partial charge is 0.302 e. The second-order valence-corrected chi connectivity index (χ2v) is 15.7. The van der Waals surface area contributed by atoms with Gasteiger partial charge >= 0.3 is 0 Å². The molecule has 11 aromatic rings. The van der Waals surface area contributed by atoms with Crippen LogP contribution in [0, 0.1) is 0 Å². The van der Waals surface area contributed by atoms with Crippen LogP contribution in [0.5, 0.6) is 0 Å². The summed E-state index contributed by atoms with van der Waals surface area (Å²) in [4.78, 5) is 10.5. The number of rotatable bonds is 6. The van der Waals surface area contributed by atoms with Gasteiger partial charge in [-0.15, -0.1) is 0 Å². The van der Waals surface area contributed by atoms with Crippen molar-refractivity contribution >= 4 is 49.7 Å². The Kier molecular flexibility index (Phi) is 7.95. The Morgan fingerprint density at radius 1 is 0.400 bits per heavy atom. The number of aromatic nitrogens is 4. The van der Waals surface area contributed by atoms with Crippen LogP contribution < -0.4 is 0 Å². The molecular formula is C56H38N4. The average molecular weight is 767 g/mol. The molecule has 0 spiro atoms. The van der Waals surface area contributed by atoms with Gasteiger partial charge in [0, 0.05) is 41.1 Å². The second kappa shape index (κ2) is 13.9. The van der Waals surface area contributed by atoms with Crippen molar-refractivity contribution in [2.45, 2.75) is 12.8 Å². The zero-order chi connectivity index (χ0) is 39.6. The highest BCUT2D eigenvalue weighted by atomic mass is 15.1. The highest BCUT2D eigenvalue weighted by Gasteiger charge is 2.25. The quantitative estimate of drug-likeness (QED) is 0.158. The second-order valence-electron chi connectivity index (χ2n) is 15.7. The molecule has 4 nitrogen and oxygen atoms in total. The summed E-state index contributed by atoms with van der Waals surface area (Å²) in [5.41, 5.74) is 14.6. The third kappa shape index (κ3) is 5.53. The molecule has 12 rings (SSSR count). The third-order valence-electron chi connectivity index (χ3n) is 12.2. The number of hydrogen-bond acceptors (Lipinski definition) is 2. The maximum Gasteiger partial charge on any atom is 0.137 e. The predicted molar refractivity (Wildman–Crippen MR) is 250 cm³/mol. The average Bonchev–Trinajstić information content (AvgIpc) is 3.91. The van der Waals surface area contributed by atoms with Crippen molar-refractivity contribution in [1.29, 1.82) is 0 Å². The third-order valence-corrected chi connectivity index (χ3v) is 12.2. The van der Waals surface area contributed by atoms with E-state index in [0.717, 1.165) is 74.9 Å². The summed E-state index contributed by atoms with van der Waals surface area (Å²) < 4.78 is 4.64. The SMILES string of the molecule is C1=C(c2cc3cc(-c4ccc5nc(-c6ccccc6)c(-c6ccccc6)n5c4)c4ccccc4c3c3ccccc23)CCc2nc(-c3ccccc3)c(-c3ccccc3)n21. The van der Waals surface area contributed by atoms with Crippen LogP contribution in [0.1, 0.15) is 17.8 Å². The Labute approximate surface area is 348 Å². The maximum atomic E-state index is 5.29. The Bertz CT molecular complexity index is 3450. The van der Waals surface area contributed by atoms with Crippen molar-refractivity contribution in [2.75, 3.05) is 0 Å². The van der Waals surface area contributed by atoms with Crippen LogP contribution in [0.4, 0.5) is 0 Å². The Hall–Kier alpha value is -7.82. The molecule has 0 unspecified atom stereocenters. The molecule has 282 valence electrons. The van der Waals surface area contributed by atoms with Gasteiger partial charge in [0.25, 0.3) is 0 Å². The summed E-state index contributed by atoms with van der Waals surface area (Å²) in [6.07, 6.45) is 6.40. The van der Waals surface area contributed by atoms with Gasteiger partial charge in [-0.05, 0) is 85.3 Å². The number of imidazole rings is 2. The lowest BCUT2D eigenvalue weighted by Crippen LogP contribution is -2.06. The van der Waals surface area contributed by atoms with E-state index in [4.69, 9.17) is 9.97 Å². The van der Waals surface area contributed by atoms with Crippen molar-refractivity contribution in [3.8, 4) is 56.2 Å². The van der Waals surface area contributed by atoms with E-state index in [1.54, 1.807) is 0 Å². The molecule has 0 radical (unpaired) electrons. The van der Waals surface area contributed by atoms with Gasteiger partial charge in [-0.2, -0.15) is 0 Å². The van der Waals surface area contributed by atoms with Crippen LogP contribution in [0.2, 0.25) is 0 Å². The Morgan fingerprint density at radius 3 is 1.52 bits per heavy atom. The molecule has 8 aromatic carbocycles. The number of allylic oxidation sites excluding steroid dienone is 1. The Morgan fingerprint density at radius 2 is 0.900 bits per heavy atom. The summed E-state index contributed by atoms with van der Waals surface area (Å²) in [5.74, 6) is 1.09. The first-order valence-electron chi connectivity index (χ1n) is 20.7. The molecule has 3 aromatic heterocycles. The summed E-state index contributed by atoms with van der Waals surface area (Å²) in [6.45, 7) is 0. The van der Waals surface area contributed by atoms with Gasteiger partial charge in [0.05, 0.1) is 22.8 Å². The van der Waals surface area contributed by atoms with Crippen LogP contribution in [0.25, 0.3) is 106 Å². The molecule has 0 amide bonds. The highest BCUT2D eigenvalue weighted by molar-refractivity contribution is 6.25. The van der Waals surface area contributed by atoms with Crippen molar-refractivity contribution in [3.63, 3.8) is 0 Å². The fourth-order valence-corrected chi connectivity index (χ4v) is 9.49. The zero-order valence-electron chi connectivity index (χ0n) is 32.8. The lowest BCUT2D eigenvalue weighted by atomic mass is 9.87. The van der Waals surface area contributed by atoms with Gasteiger partial charge < -0.3 is 4.57 Å². The van der Waals surface area contributed by atoms with E-state index in [2.05, 4.69) is 215 Å². The van der Waals surface area contributed by atoms with E-state index < -0.39 is 0 Å². The van der Waals surface area contributed by atoms with E-state index in [-0.39, 0.29) is 0 Å². The van der Waals surface area contributed by atoms with Gasteiger partial charge in [0.15, 0.2) is 0 Å². The van der Waals surface area contributed by atoms with Gasteiger partial charge in [-0.25, -0.2) is 9.97 Å². The first-order valence-corrected chi connectivity index (χ1v) is 20.7. The molecule has 4 heteroatoms. The minimum atomic E-state index is 0.855. The monoisotopic (exact) mass is 766 g/mol. The number of hydrogen-bond donors (Lipinski definition) is 0. The molecule has 60 heavy (non-hydrogen) atoms. The smallest absolute Gasteiger partial charge is 0.137 e. The van der Waals surface area contributed by atoms with E-state index in [0.29, 0.717) is 0 Å². The molecule has 0 aliphatic carbocycles. The molecule has 4 heterocycles. The fraction of sp³-hybridized carbons (Fsp3) is 0.0357. The summed E-state index contributed by atoms with van der Waals surface area (Å²) in [7, 11) is 0. The molecule has 0 N–H and O–H groups in total. The minimum Gasteiger partial charge on any atom is -0.302 e. The highest BCUT2D eigenvalue weighted by Crippen LogP contribution is 2.44. The number of pyridine rings is 1. The minimum absolute atomic E-state index is 0.855. The number of aryl methyl sites for hydroxylation is 1. The molecular weight excluding hydrogens is 729 g/mol. The van der Waals surface area contributed by atoms with Crippen molar-refractivity contribution < 1.29 is 0 Å². The first kappa shape index (κ1) is 34.2. The van der Waals surface area contributed by atoms with Crippen molar-refractivity contribution in [3.05, 3.63) is 212 Å². The topological polar surface area (TPSA) is 35.1 Å². The van der Waals surface area contributed by atoms with Crippen LogP contribution in [0.3, 0.4) is 0 Å². The van der Waals surface area contributed by atoms with E-state index in [1.807, 2.05) is 0 Å².